The molecule has 0 aliphatic heterocycles. The number of nitrogens with zero attached hydrogens (tertiary/aromatic N) is 1. The molecule has 9 heteroatoms. The molecule has 3 atom stereocenters. The van der Waals surface area contributed by atoms with Crippen LogP contribution < -0.4 is 5.32 Å². The highest BCUT2D eigenvalue weighted by atomic mass is 31.2. The molecule has 0 aromatic heterocycles. The molecule has 0 heterocycles. The van der Waals surface area contributed by atoms with Gasteiger partial charge in [-0.15, -0.1) is 0 Å². The Kier molecular flexibility index (Phi) is 40.8. The summed E-state index contributed by atoms with van der Waals surface area (Å²) in [5, 5.41) is 13.7. The summed E-state index contributed by atoms with van der Waals surface area (Å²) in [7, 11) is 1.53. The summed E-state index contributed by atoms with van der Waals surface area (Å²) in [5.41, 5.74) is 0. The number of quaternary nitrogens is 1. The number of unbranched alkanes of at least 4 members (excludes halogenated alkanes) is 21. The molecule has 8 nitrogen and oxygen atoms in total. The number of likely N-dealkylation sites (N-methyl/N-ethyl adjacent to an activating group) is 1. The van der Waals surface area contributed by atoms with Gasteiger partial charge in [0, 0.05) is 6.42 Å². The van der Waals surface area contributed by atoms with Gasteiger partial charge in [-0.1, -0.05) is 183 Å². The molecule has 0 aromatic rings. The highest BCUT2D eigenvalue weighted by Gasteiger charge is 2.27. The normalized spacial score (nSPS) is 14.8. The number of aliphatic hydroxyl groups excluding tert-OH is 1. The van der Waals surface area contributed by atoms with Crippen LogP contribution in [-0.4, -0.2) is 73.4 Å². The zero-order valence-electron chi connectivity index (χ0n) is 39.4. The van der Waals surface area contributed by atoms with Crippen LogP contribution >= 0.6 is 7.82 Å². The van der Waals surface area contributed by atoms with Crippen molar-refractivity contribution in [2.24, 2.45) is 0 Å². The number of rotatable bonds is 43. The first-order valence-corrected chi connectivity index (χ1v) is 25.8. The second-order valence-corrected chi connectivity index (χ2v) is 18.9. The van der Waals surface area contributed by atoms with E-state index >= 15 is 0 Å². The molecule has 0 saturated heterocycles. The average Bonchev–Trinajstić information content (AvgIpc) is 3.20. The first-order valence-electron chi connectivity index (χ1n) is 24.3. The van der Waals surface area contributed by atoms with E-state index in [0.717, 1.165) is 57.8 Å². The van der Waals surface area contributed by atoms with Crippen molar-refractivity contribution in [2.75, 3.05) is 40.9 Å². The number of amides is 1. The molecule has 0 spiro atoms. The largest absolute Gasteiger partial charge is 0.472 e. The van der Waals surface area contributed by atoms with Crippen LogP contribution in [0.25, 0.3) is 0 Å². The van der Waals surface area contributed by atoms with Crippen LogP contribution in [0.5, 0.6) is 0 Å². The lowest BCUT2D eigenvalue weighted by molar-refractivity contribution is -0.870. The number of carbonyl (C=O) groups excluding carboxylic acids is 1. The minimum atomic E-state index is -4.35. The third kappa shape index (κ3) is 44.0. The number of phosphoric acid groups is 1. The summed E-state index contributed by atoms with van der Waals surface area (Å²) in [5.74, 6) is -0.198. The molecule has 348 valence electrons. The summed E-state index contributed by atoms with van der Waals surface area (Å²) in [6.07, 6.45) is 57.4. The zero-order valence-corrected chi connectivity index (χ0v) is 40.3. The average molecular weight is 862 g/mol. The second-order valence-electron chi connectivity index (χ2n) is 17.5. The fourth-order valence-corrected chi connectivity index (χ4v) is 7.35. The third-order valence-corrected chi connectivity index (χ3v) is 11.5. The number of hydrogen-bond donors (Lipinski definition) is 3. The van der Waals surface area contributed by atoms with Crippen LogP contribution in [-0.2, 0) is 18.4 Å². The van der Waals surface area contributed by atoms with E-state index in [1.807, 2.05) is 40.2 Å². The van der Waals surface area contributed by atoms with E-state index in [0.29, 0.717) is 17.4 Å². The lowest BCUT2D eigenvalue weighted by Gasteiger charge is -2.25. The molecule has 3 unspecified atom stereocenters. The van der Waals surface area contributed by atoms with Crippen LogP contribution in [0.15, 0.2) is 72.9 Å². The predicted octanol–water partition coefficient (Wildman–Crippen LogP) is 14.0. The number of carbonyl (C=O) groups is 1. The van der Waals surface area contributed by atoms with E-state index in [9.17, 15) is 19.4 Å². The molecule has 0 aromatic carbocycles. The summed E-state index contributed by atoms with van der Waals surface area (Å²) < 4.78 is 23.5. The summed E-state index contributed by atoms with van der Waals surface area (Å²) in [4.78, 5) is 23.1. The number of phosphoric ester groups is 1. The molecule has 0 aliphatic rings. The van der Waals surface area contributed by atoms with Gasteiger partial charge in [-0.05, 0) is 77.6 Å². The molecular weight excluding hydrogens is 768 g/mol. The Morgan fingerprint density at radius 1 is 0.600 bits per heavy atom. The Hall–Kier alpha value is -2.06. The van der Waals surface area contributed by atoms with E-state index < -0.39 is 20.0 Å². The maximum atomic E-state index is 12.9. The lowest BCUT2D eigenvalue weighted by atomic mass is 10.0. The van der Waals surface area contributed by atoms with Gasteiger partial charge in [-0.2, -0.15) is 0 Å². The predicted molar refractivity (Wildman–Crippen MR) is 258 cm³/mol. The quantitative estimate of drug-likeness (QED) is 0.0244. The van der Waals surface area contributed by atoms with Gasteiger partial charge in [0.1, 0.15) is 13.2 Å². The molecule has 0 fully saturated rings. The highest BCUT2D eigenvalue weighted by Crippen LogP contribution is 2.43. The van der Waals surface area contributed by atoms with Crippen molar-refractivity contribution in [2.45, 2.75) is 206 Å². The fraction of sp³-hybridized carbons (Fsp3) is 0.745. The minimum absolute atomic E-state index is 0.0505. The van der Waals surface area contributed by atoms with E-state index in [1.165, 1.54) is 116 Å². The van der Waals surface area contributed by atoms with Gasteiger partial charge in [0.25, 0.3) is 0 Å². The monoisotopic (exact) mass is 862 g/mol. The van der Waals surface area contributed by atoms with Crippen molar-refractivity contribution in [3.05, 3.63) is 72.9 Å². The van der Waals surface area contributed by atoms with Crippen LogP contribution in [0.4, 0.5) is 0 Å². The Labute approximate surface area is 370 Å². The van der Waals surface area contributed by atoms with Gasteiger partial charge in [0.2, 0.25) is 5.91 Å². The van der Waals surface area contributed by atoms with Gasteiger partial charge in [-0.3, -0.25) is 13.8 Å². The van der Waals surface area contributed by atoms with Gasteiger partial charge in [0.05, 0.1) is 39.9 Å². The van der Waals surface area contributed by atoms with Crippen molar-refractivity contribution < 1.29 is 32.9 Å². The highest BCUT2D eigenvalue weighted by molar-refractivity contribution is 7.47. The number of aliphatic hydroxyl groups is 1. The van der Waals surface area contributed by atoms with Gasteiger partial charge in [0.15, 0.2) is 0 Å². The Bertz CT molecular complexity index is 1200. The molecular formula is C51H94N2O6P+. The molecule has 1 amide bonds. The van der Waals surface area contributed by atoms with Crippen LogP contribution in [0.3, 0.4) is 0 Å². The molecule has 0 aliphatic carbocycles. The lowest BCUT2D eigenvalue weighted by Crippen LogP contribution is -2.45. The Morgan fingerprint density at radius 2 is 1.03 bits per heavy atom. The van der Waals surface area contributed by atoms with Crippen molar-refractivity contribution in [3.63, 3.8) is 0 Å². The second kappa shape index (κ2) is 42.3. The smallest absolute Gasteiger partial charge is 0.387 e. The summed E-state index contributed by atoms with van der Waals surface area (Å²) >= 11 is 0. The van der Waals surface area contributed by atoms with Crippen LogP contribution in [0.2, 0.25) is 0 Å². The molecule has 3 N–H and O–H groups in total. The summed E-state index contributed by atoms with van der Waals surface area (Å²) in [6, 6.07) is -0.870. The van der Waals surface area contributed by atoms with Crippen molar-refractivity contribution in [3.8, 4) is 0 Å². The van der Waals surface area contributed by atoms with Crippen LogP contribution in [0.1, 0.15) is 194 Å². The van der Waals surface area contributed by atoms with E-state index in [4.69, 9.17) is 9.05 Å². The minimum Gasteiger partial charge on any atom is -0.387 e. The number of allylic oxidation sites excluding steroid dienone is 11. The maximum absolute atomic E-state index is 12.9. The van der Waals surface area contributed by atoms with E-state index in [1.54, 1.807) is 6.08 Å². The molecule has 0 radical (unpaired) electrons. The van der Waals surface area contributed by atoms with E-state index in [2.05, 4.69) is 66.9 Å². The zero-order chi connectivity index (χ0) is 44.3. The van der Waals surface area contributed by atoms with Crippen molar-refractivity contribution in [1.82, 2.24) is 5.32 Å². The van der Waals surface area contributed by atoms with Gasteiger partial charge in [-0.25, -0.2) is 4.57 Å². The van der Waals surface area contributed by atoms with Gasteiger partial charge < -0.3 is 19.8 Å². The maximum Gasteiger partial charge on any atom is 0.472 e. The van der Waals surface area contributed by atoms with Crippen molar-refractivity contribution in [1.29, 1.82) is 0 Å². The SMILES string of the molecule is C/C=C/CC/C=C/CC/C=C/C(O)C(COP(=O)(O)OCC[N+](C)(C)C)NC(=O)CCCCCCCCCCCCCCCC/C=C\C/C=C\C/C=C\CCCCCCC. The standard InChI is InChI=1S/C51H93N2O6P/c1-6-8-10-12-14-16-17-18-19-20-21-22-23-24-25-26-27-28-29-30-31-32-33-34-35-37-39-41-43-45-51(55)52-49(48-59-60(56,57)58-47-46-53(3,4)5)50(54)44-42-40-38-36-15-13-11-9-7-2/h7,9,15,17-18,20-21,23-24,36,42,44,49-50,54H,6,8,10-14,16,19,22,25-35,37-41,43,45-48H2,1-5H3,(H-,52,55,56,57)/p+1/b9-7+,18-17-,21-20-,24-23-,36-15+,44-42+. The Balaban J connectivity index is 4.09. The fourth-order valence-electron chi connectivity index (χ4n) is 6.62. The molecule has 60 heavy (non-hydrogen) atoms. The van der Waals surface area contributed by atoms with Gasteiger partial charge >= 0.3 is 7.82 Å². The molecule has 0 bridgehead atoms. The van der Waals surface area contributed by atoms with Crippen molar-refractivity contribution >= 4 is 13.7 Å². The van der Waals surface area contributed by atoms with E-state index in [-0.39, 0.29) is 19.1 Å². The number of hydrogen-bond acceptors (Lipinski definition) is 5. The first kappa shape index (κ1) is 57.9. The first-order chi connectivity index (χ1) is 29.0. The molecule has 0 saturated carbocycles. The topological polar surface area (TPSA) is 105 Å². The number of nitrogens with one attached hydrogen (secondary N) is 1. The third-order valence-electron chi connectivity index (χ3n) is 10.5. The molecule has 0 rings (SSSR count). The summed E-state index contributed by atoms with van der Waals surface area (Å²) in [6.45, 7) is 4.52. The Morgan fingerprint density at radius 3 is 1.53 bits per heavy atom. The van der Waals surface area contributed by atoms with Crippen LogP contribution in [0, 0.1) is 0 Å².